The molecular weight excluding hydrogens is 244 g/mol. The Kier molecular flexibility index (Phi) is 2.25. The number of nitrogens with zero attached hydrogens (tertiary/aromatic N) is 3. The molecule has 0 bridgehead atoms. The van der Waals surface area contributed by atoms with Crippen LogP contribution in [0.2, 0.25) is 0 Å². The van der Waals surface area contributed by atoms with E-state index in [1.54, 1.807) is 12.4 Å². The van der Waals surface area contributed by atoms with Gasteiger partial charge in [0.1, 0.15) is 11.6 Å². The number of aromatic nitrogens is 3. The molecule has 0 saturated carbocycles. The number of rotatable bonds is 1. The fraction of sp³-hybridized carbons (Fsp3) is 0.111. The number of hydrogen-bond donors (Lipinski definition) is 1. The predicted octanol–water partition coefficient (Wildman–Crippen LogP) is 1.92. The Balaban J connectivity index is 2.53. The van der Waals surface area contributed by atoms with Crippen LogP contribution in [0.15, 0.2) is 29.1 Å². The molecule has 2 aromatic rings. The fourth-order valence-electron chi connectivity index (χ4n) is 1.18. The highest BCUT2D eigenvalue weighted by molar-refractivity contribution is 9.10. The molecule has 2 heterocycles. The van der Waals surface area contributed by atoms with Gasteiger partial charge < -0.3 is 5.73 Å². The molecule has 2 aromatic heterocycles. The van der Waals surface area contributed by atoms with Crippen LogP contribution in [0.5, 0.6) is 0 Å². The first-order valence-electron chi connectivity index (χ1n) is 4.10. The Bertz CT molecular complexity index is 464. The van der Waals surface area contributed by atoms with Crippen LogP contribution in [0.1, 0.15) is 5.82 Å². The Morgan fingerprint density at radius 1 is 1.43 bits per heavy atom. The third kappa shape index (κ3) is 1.50. The zero-order valence-electron chi connectivity index (χ0n) is 7.61. The molecule has 2 N–H and O–H groups in total. The quantitative estimate of drug-likeness (QED) is 0.844. The molecular formula is C9H9BrN4. The monoisotopic (exact) mass is 252 g/mol. The summed E-state index contributed by atoms with van der Waals surface area (Å²) in [6, 6.07) is 1.87. The molecule has 0 amide bonds. The van der Waals surface area contributed by atoms with E-state index in [4.69, 9.17) is 5.73 Å². The number of anilines is 1. The van der Waals surface area contributed by atoms with Gasteiger partial charge in [0, 0.05) is 16.9 Å². The van der Waals surface area contributed by atoms with Crippen molar-refractivity contribution in [1.29, 1.82) is 0 Å². The van der Waals surface area contributed by atoms with E-state index in [9.17, 15) is 0 Å². The SMILES string of the molecule is Cc1nccn1-c1cc(Br)c(N)cn1. The van der Waals surface area contributed by atoms with Crippen LogP contribution in [0.25, 0.3) is 5.82 Å². The summed E-state index contributed by atoms with van der Waals surface area (Å²) in [6.45, 7) is 1.92. The van der Waals surface area contributed by atoms with Crippen LogP contribution in [0.4, 0.5) is 5.69 Å². The zero-order valence-corrected chi connectivity index (χ0v) is 9.19. The Morgan fingerprint density at radius 2 is 2.21 bits per heavy atom. The summed E-state index contributed by atoms with van der Waals surface area (Å²) >= 11 is 3.36. The highest BCUT2D eigenvalue weighted by Gasteiger charge is 2.03. The summed E-state index contributed by atoms with van der Waals surface area (Å²) in [7, 11) is 0. The first-order chi connectivity index (χ1) is 6.68. The van der Waals surface area contributed by atoms with E-state index in [-0.39, 0.29) is 0 Å². The van der Waals surface area contributed by atoms with E-state index >= 15 is 0 Å². The summed E-state index contributed by atoms with van der Waals surface area (Å²) in [4.78, 5) is 8.33. The number of nitrogen functional groups attached to an aromatic ring is 1. The third-order valence-electron chi connectivity index (χ3n) is 1.94. The molecule has 0 aliphatic carbocycles. The Morgan fingerprint density at radius 3 is 2.79 bits per heavy atom. The van der Waals surface area contributed by atoms with Crippen LogP contribution in [0, 0.1) is 6.92 Å². The third-order valence-corrected chi connectivity index (χ3v) is 2.63. The molecule has 0 aromatic carbocycles. The maximum Gasteiger partial charge on any atom is 0.139 e. The van der Waals surface area contributed by atoms with Crippen molar-refractivity contribution in [2.75, 3.05) is 5.73 Å². The molecule has 0 atom stereocenters. The van der Waals surface area contributed by atoms with Crippen LogP contribution in [-0.4, -0.2) is 14.5 Å². The summed E-state index contributed by atoms with van der Waals surface area (Å²) < 4.78 is 2.74. The number of halogens is 1. The lowest BCUT2D eigenvalue weighted by atomic mass is 10.4. The second-order valence-electron chi connectivity index (χ2n) is 2.91. The highest BCUT2D eigenvalue weighted by Crippen LogP contribution is 2.20. The maximum absolute atomic E-state index is 5.65. The molecule has 2 rings (SSSR count). The summed E-state index contributed by atoms with van der Waals surface area (Å²) in [6.07, 6.45) is 5.22. The largest absolute Gasteiger partial charge is 0.397 e. The van der Waals surface area contributed by atoms with Gasteiger partial charge in [-0.2, -0.15) is 0 Å². The fourth-order valence-corrected chi connectivity index (χ4v) is 1.49. The van der Waals surface area contributed by atoms with E-state index in [2.05, 4.69) is 25.9 Å². The first-order valence-corrected chi connectivity index (χ1v) is 4.89. The standard InChI is InChI=1S/C9H9BrN4/c1-6-12-2-3-14(6)9-4-7(10)8(11)5-13-9/h2-5H,11H2,1H3. The number of hydrogen-bond acceptors (Lipinski definition) is 3. The van der Waals surface area contributed by atoms with Crippen molar-refractivity contribution in [3.63, 3.8) is 0 Å². The van der Waals surface area contributed by atoms with Crippen molar-refractivity contribution >= 4 is 21.6 Å². The van der Waals surface area contributed by atoms with Crippen molar-refractivity contribution in [1.82, 2.24) is 14.5 Å². The lowest BCUT2D eigenvalue weighted by Crippen LogP contribution is -2.00. The average molecular weight is 253 g/mol. The van der Waals surface area contributed by atoms with Gasteiger partial charge in [-0.1, -0.05) is 0 Å². The minimum absolute atomic E-state index is 0.631. The molecule has 0 radical (unpaired) electrons. The summed E-state index contributed by atoms with van der Waals surface area (Å²) in [5, 5.41) is 0. The molecule has 4 nitrogen and oxygen atoms in total. The van der Waals surface area contributed by atoms with Crippen molar-refractivity contribution in [3.8, 4) is 5.82 Å². The smallest absolute Gasteiger partial charge is 0.139 e. The average Bonchev–Trinajstić information content (AvgIpc) is 2.57. The first kappa shape index (κ1) is 9.21. The summed E-state index contributed by atoms with van der Waals surface area (Å²) in [5.74, 6) is 1.70. The van der Waals surface area contributed by atoms with Crippen LogP contribution >= 0.6 is 15.9 Å². The van der Waals surface area contributed by atoms with E-state index in [1.165, 1.54) is 0 Å². The van der Waals surface area contributed by atoms with Gasteiger partial charge in [0.05, 0.1) is 11.9 Å². The lowest BCUT2D eigenvalue weighted by molar-refractivity contribution is 0.932. The van der Waals surface area contributed by atoms with Gasteiger partial charge in [-0.3, -0.25) is 4.57 Å². The minimum atomic E-state index is 0.631. The number of nitrogens with two attached hydrogens (primary N) is 1. The predicted molar refractivity (Wildman–Crippen MR) is 58.2 cm³/mol. The molecule has 0 spiro atoms. The van der Waals surface area contributed by atoms with Gasteiger partial charge in [0.2, 0.25) is 0 Å². The Labute approximate surface area is 89.9 Å². The molecule has 72 valence electrons. The van der Waals surface area contributed by atoms with Crippen molar-refractivity contribution < 1.29 is 0 Å². The van der Waals surface area contributed by atoms with E-state index in [1.807, 2.05) is 23.8 Å². The molecule has 0 saturated heterocycles. The number of pyridine rings is 1. The molecule has 0 aliphatic heterocycles. The number of imidazole rings is 1. The second kappa shape index (κ2) is 3.42. The van der Waals surface area contributed by atoms with Crippen LogP contribution in [0.3, 0.4) is 0 Å². The van der Waals surface area contributed by atoms with Crippen molar-refractivity contribution in [2.24, 2.45) is 0 Å². The summed E-state index contributed by atoms with van der Waals surface area (Å²) in [5.41, 5.74) is 6.28. The van der Waals surface area contributed by atoms with E-state index in [0.29, 0.717) is 5.69 Å². The van der Waals surface area contributed by atoms with Crippen molar-refractivity contribution in [3.05, 3.63) is 35.0 Å². The molecule has 14 heavy (non-hydrogen) atoms. The van der Waals surface area contributed by atoms with Gasteiger partial charge in [-0.15, -0.1) is 0 Å². The normalized spacial score (nSPS) is 10.4. The van der Waals surface area contributed by atoms with Gasteiger partial charge in [0.15, 0.2) is 0 Å². The van der Waals surface area contributed by atoms with Crippen molar-refractivity contribution in [2.45, 2.75) is 6.92 Å². The minimum Gasteiger partial charge on any atom is -0.397 e. The lowest BCUT2D eigenvalue weighted by Gasteiger charge is -2.05. The maximum atomic E-state index is 5.65. The van der Waals surface area contributed by atoms with Gasteiger partial charge in [-0.25, -0.2) is 9.97 Å². The molecule has 0 fully saturated rings. The topological polar surface area (TPSA) is 56.7 Å². The molecule has 0 unspecified atom stereocenters. The van der Waals surface area contributed by atoms with Gasteiger partial charge >= 0.3 is 0 Å². The Hall–Kier alpha value is -1.36. The van der Waals surface area contributed by atoms with Gasteiger partial charge in [-0.05, 0) is 28.9 Å². The highest BCUT2D eigenvalue weighted by atomic mass is 79.9. The van der Waals surface area contributed by atoms with Crippen LogP contribution < -0.4 is 5.73 Å². The van der Waals surface area contributed by atoms with Gasteiger partial charge in [0.25, 0.3) is 0 Å². The molecule has 5 heteroatoms. The van der Waals surface area contributed by atoms with E-state index in [0.717, 1.165) is 16.1 Å². The second-order valence-corrected chi connectivity index (χ2v) is 3.76. The number of aryl methyl sites for hydroxylation is 1. The zero-order chi connectivity index (χ0) is 10.1. The van der Waals surface area contributed by atoms with Crippen LogP contribution in [-0.2, 0) is 0 Å². The van der Waals surface area contributed by atoms with E-state index < -0.39 is 0 Å². The molecule has 0 aliphatic rings.